The van der Waals surface area contributed by atoms with Crippen molar-refractivity contribution < 1.29 is 32.9 Å². The highest BCUT2D eigenvalue weighted by Crippen LogP contribution is 2.49. The number of carbonyl (C=O) groups is 1. The average molecular weight is 775 g/mol. The van der Waals surface area contributed by atoms with E-state index in [1.54, 1.807) is 26.2 Å². The molecule has 0 saturated carbocycles. The maximum absolute atomic E-state index is 13.9. The Bertz CT molecular complexity index is 2120. The van der Waals surface area contributed by atoms with Crippen molar-refractivity contribution in [1.29, 1.82) is 0 Å². The van der Waals surface area contributed by atoms with Crippen LogP contribution in [0.15, 0.2) is 108 Å². The van der Waals surface area contributed by atoms with Crippen LogP contribution in [0.4, 0.5) is 16.2 Å². The van der Waals surface area contributed by atoms with Crippen LogP contribution in [0.3, 0.4) is 0 Å². The Labute approximate surface area is 340 Å². The van der Waals surface area contributed by atoms with Crippen molar-refractivity contribution in [2.75, 3.05) is 59.6 Å². The van der Waals surface area contributed by atoms with Crippen LogP contribution in [0.1, 0.15) is 75.6 Å². The number of likely N-dealkylation sites (N-methyl/N-ethyl adjacent to an activating group) is 1. The minimum Gasteiger partial charge on any atom is -0.497 e. The third-order valence-corrected chi connectivity index (χ3v) is 11.8. The molecule has 302 valence electrons. The van der Waals surface area contributed by atoms with Crippen molar-refractivity contribution in [2.45, 2.75) is 77.7 Å². The summed E-state index contributed by atoms with van der Waals surface area (Å²) in [5.74, 6) is 0.846. The summed E-state index contributed by atoms with van der Waals surface area (Å²) in [6.07, 6.45) is 15.9. The highest BCUT2D eigenvalue weighted by Gasteiger charge is 2.45. The van der Waals surface area contributed by atoms with Gasteiger partial charge in [-0.3, -0.25) is 4.90 Å². The normalized spacial score (nSPS) is 18.3. The Morgan fingerprint density at radius 1 is 0.877 bits per heavy atom. The van der Waals surface area contributed by atoms with Crippen LogP contribution in [0, 0.1) is 6.92 Å². The number of pyridine rings is 1. The molecular formula is C48H62N4O5+2. The number of anilines is 1. The number of aryl methyl sites for hydroxylation is 2. The van der Waals surface area contributed by atoms with E-state index in [-0.39, 0.29) is 23.5 Å². The molecule has 3 aromatic rings. The first kappa shape index (κ1) is 41.6. The first-order chi connectivity index (χ1) is 27.3. The third kappa shape index (κ3) is 8.65. The average Bonchev–Trinajstić information content (AvgIpc) is 3.76. The molecule has 57 heavy (non-hydrogen) atoms. The molecular weight excluding hydrogens is 713 g/mol. The predicted octanol–water partition coefficient (Wildman–Crippen LogP) is 8.76. The quantitative estimate of drug-likeness (QED) is 0.114. The standard InChI is InChI=1S/C48H62N4O5/c1-34-13-19-41-39(31-34)47(2,3)43(51(41)25-11-29-54-8)21-16-36-14-15-37(45(36)50(7)46(53)57-33-35-23-27-49(6)28-24-35)17-22-44-48(4,5)40-32-38(56-10)18-20-42(40)52(44)26-12-30-55-9/h13,16-24,27-28,31-32H,11-12,14-15,25-26,29-30,33H2,1-10H3/q+2. The molecule has 1 aromatic heterocycles. The van der Waals surface area contributed by atoms with E-state index in [1.165, 1.54) is 39.5 Å². The van der Waals surface area contributed by atoms with Crippen molar-refractivity contribution in [3.8, 4) is 5.75 Å². The molecule has 9 heteroatoms. The van der Waals surface area contributed by atoms with E-state index in [9.17, 15) is 4.79 Å². The largest absolute Gasteiger partial charge is 0.497 e. The van der Waals surface area contributed by atoms with Crippen LogP contribution in [-0.4, -0.2) is 76.0 Å². The van der Waals surface area contributed by atoms with Crippen LogP contribution < -0.4 is 14.2 Å². The van der Waals surface area contributed by atoms with Crippen LogP contribution >= 0.6 is 0 Å². The number of ether oxygens (including phenoxy) is 4. The van der Waals surface area contributed by atoms with Crippen molar-refractivity contribution in [3.05, 3.63) is 130 Å². The summed E-state index contributed by atoms with van der Waals surface area (Å²) >= 11 is 0. The number of hydrogen-bond donors (Lipinski definition) is 0. The topological polar surface area (TPSA) is 67.4 Å². The highest BCUT2D eigenvalue weighted by atomic mass is 16.6. The number of aromatic nitrogens is 1. The van der Waals surface area contributed by atoms with Crippen molar-refractivity contribution in [2.24, 2.45) is 7.05 Å². The molecule has 1 amide bonds. The molecule has 0 spiro atoms. The molecule has 0 saturated heterocycles. The van der Waals surface area contributed by atoms with Gasteiger partial charge in [-0.05, 0) is 81.0 Å². The molecule has 6 rings (SSSR count). The van der Waals surface area contributed by atoms with Crippen molar-refractivity contribution >= 4 is 23.2 Å². The lowest BCUT2D eigenvalue weighted by Gasteiger charge is -2.27. The Kier molecular flexibility index (Phi) is 12.9. The highest BCUT2D eigenvalue weighted by molar-refractivity contribution is 6.03. The van der Waals surface area contributed by atoms with E-state index in [0.29, 0.717) is 13.2 Å². The monoisotopic (exact) mass is 774 g/mol. The van der Waals surface area contributed by atoms with Gasteiger partial charge in [-0.2, -0.15) is 4.58 Å². The Morgan fingerprint density at radius 2 is 1.61 bits per heavy atom. The number of benzene rings is 2. The lowest BCUT2D eigenvalue weighted by Crippen LogP contribution is -2.29. The Hall–Kier alpha value is -4.99. The number of rotatable bonds is 15. The summed E-state index contributed by atoms with van der Waals surface area (Å²) in [5, 5.41) is 0. The maximum atomic E-state index is 13.9. The van der Waals surface area contributed by atoms with Gasteiger partial charge in [-0.25, -0.2) is 9.36 Å². The van der Waals surface area contributed by atoms with Gasteiger partial charge in [0.1, 0.15) is 19.4 Å². The zero-order chi connectivity index (χ0) is 40.9. The molecule has 1 aliphatic carbocycles. The SMILES string of the molecule is COCCCN1/C(=C/C=C2\CCC(/C=C/C3=[N+](CCCOC)c4ccc(OC)cc4C3(C)C)=C2N(C)C(=O)OCc2cc[n+](C)cc2)C(C)(C)c2cc(C)ccc21. The fourth-order valence-corrected chi connectivity index (χ4v) is 8.57. The number of fused-ring (bicyclic) bond motifs is 2. The summed E-state index contributed by atoms with van der Waals surface area (Å²) in [6.45, 7) is 14.6. The second kappa shape index (κ2) is 17.7. The number of amides is 1. The van der Waals surface area contributed by atoms with E-state index >= 15 is 0 Å². The van der Waals surface area contributed by atoms with E-state index in [2.05, 4.69) is 98.7 Å². The molecule has 3 aliphatic rings. The van der Waals surface area contributed by atoms with Crippen LogP contribution in [-0.2, 0) is 38.7 Å². The molecule has 9 nitrogen and oxygen atoms in total. The summed E-state index contributed by atoms with van der Waals surface area (Å²) in [4.78, 5) is 18.1. The summed E-state index contributed by atoms with van der Waals surface area (Å²) < 4.78 is 26.9. The van der Waals surface area contributed by atoms with Gasteiger partial charge in [0, 0.05) is 93.0 Å². The van der Waals surface area contributed by atoms with E-state index in [0.717, 1.165) is 66.9 Å². The lowest BCUT2D eigenvalue weighted by molar-refractivity contribution is -0.671. The summed E-state index contributed by atoms with van der Waals surface area (Å²) in [7, 11) is 9.03. The molecule has 0 radical (unpaired) electrons. The molecule has 2 aromatic carbocycles. The molecule has 0 N–H and O–H groups in total. The Morgan fingerprint density at radius 3 is 2.33 bits per heavy atom. The number of allylic oxidation sites excluding steroid dienone is 7. The van der Waals surface area contributed by atoms with Gasteiger partial charge in [-0.1, -0.05) is 43.7 Å². The van der Waals surface area contributed by atoms with Gasteiger partial charge in [-0.15, -0.1) is 0 Å². The van der Waals surface area contributed by atoms with Crippen molar-refractivity contribution in [3.63, 3.8) is 0 Å². The van der Waals surface area contributed by atoms with E-state index in [1.807, 2.05) is 49.3 Å². The second-order valence-corrected chi connectivity index (χ2v) is 16.5. The van der Waals surface area contributed by atoms with Gasteiger partial charge < -0.3 is 23.8 Å². The fraction of sp³-hybridized carbons (Fsp3) is 0.438. The van der Waals surface area contributed by atoms with Crippen LogP contribution in [0.25, 0.3) is 0 Å². The number of methoxy groups -OCH3 is 3. The van der Waals surface area contributed by atoms with Crippen molar-refractivity contribution in [1.82, 2.24) is 4.90 Å². The number of carbonyl (C=O) groups excluding carboxylic acids is 1. The molecule has 0 atom stereocenters. The molecule has 0 bridgehead atoms. The lowest BCUT2D eigenvalue weighted by atomic mass is 9.81. The number of nitrogens with zero attached hydrogens (tertiary/aromatic N) is 4. The third-order valence-electron chi connectivity index (χ3n) is 11.8. The number of hydrogen-bond acceptors (Lipinski definition) is 6. The van der Waals surface area contributed by atoms with Crippen LogP contribution in [0.2, 0.25) is 0 Å². The minimum absolute atomic E-state index is 0.193. The van der Waals surface area contributed by atoms with E-state index in [4.69, 9.17) is 18.9 Å². The smallest absolute Gasteiger partial charge is 0.414 e. The fourth-order valence-electron chi connectivity index (χ4n) is 8.57. The van der Waals surface area contributed by atoms with E-state index < -0.39 is 0 Å². The van der Waals surface area contributed by atoms with Gasteiger partial charge in [0.05, 0.1) is 24.8 Å². The predicted molar refractivity (Wildman–Crippen MR) is 227 cm³/mol. The van der Waals surface area contributed by atoms with Gasteiger partial charge in [0.25, 0.3) is 0 Å². The first-order valence-electron chi connectivity index (χ1n) is 20.2. The Balaban J connectivity index is 1.41. The maximum Gasteiger partial charge on any atom is 0.414 e. The molecule has 2 aliphatic heterocycles. The molecule has 0 unspecified atom stereocenters. The molecule has 0 fully saturated rings. The zero-order valence-corrected chi connectivity index (χ0v) is 35.8. The van der Waals surface area contributed by atoms with Gasteiger partial charge in [0.2, 0.25) is 5.69 Å². The molecule has 3 heterocycles. The summed E-state index contributed by atoms with van der Waals surface area (Å²) in [6, 6.07) is 17.1. The van der Waals surface area contributed by atoms with Gasteiger partial charge in [0.15, 0.2) is 24.7 Å². The van der Waals surface area contributed by atoms with Gasteiger partial charge >= 0.3 is 6.09 Å². The van der Waals surface area contributed by atoms with Crippen LogP contribution in [0.5, 0.6) is 5.75 Å². The first-order valence-corrected chi connectivity index (χ1v) is 20.2. The summed E-state index contributed by atoms with van der Waals surface area (Å²) in [5.41, 5.74) is 12.2. The minimum atomic E-state index is -0.385. The zero-order valence-electron chi connectivity index (χ0n) is 35.8. The second-order valence-electron chi connectivity index (χ2n) is 16.5.